The fraction of sp³-hybridized carbons (Fsp3) is 0.500. The monoisotopic (exact) mass is 932 g/mol. The molecule has 0 fully saturated rings. The Morgan fingerprint density at radius 2 is 0.480 bits per heavy atom. The van der Waals surface area contributed by atoms with Gasteiger partial charge in [-0.3, -0.25) is 19.2 Å². The summed E-state index contributed by atoms with van der Waals surface area (Å²) in [6.07, 6.45) is -19.8. The zero-order valence-corrected chi connectivity index (χ0v) is 28.9. The summed E-state index contributed by atoms with van der Waals surface area (Å²) in [5.41, 5.74) is 0. The maximum Gasteiger partial charge on any atom is 4.00 e. The molecule has 8 N–H and O–H groups in total. The van der Waals surface area contributed by atoms with E-state index in [4.69, 9.17) is 40.9 Å². The van der Waals surface area contributed by atoms with Gasteiger partial charge in [0.05, 0.1) is 0 Å². The van der Waals surface area contributed by atoms with Crippen molar-refractivity contribution in [2.24, 2.45) is 0 Å². The van der Waals surface area contributed by atoms with E-state index in [0.29, 0.717) is 0 Å². The quantitative estimate of drug-likeness (QED) is 0.0512. The fourth-order valence-electron chi connectivity index (χ4n) is 1.45. The Labute approximate surface area is 317 Å². The van der Waals surface area contributed by atoms with E-state index in [-0.39, 0.29) is 78.6 Å². The Balaban J connectivity index is -0.000000127. The number of hydrogen-bond acceptors (Lipinski definition) is 28. The van der Waals surface area contributed by atoms with Gasteiger partial charge in [-0.1, -0.05) is 0 Å². The van der Waals surface area contributed by atoms with E-state index < -0.39 is 110 Å². The van der Waals surface area contributed by atoms with E-state index in [2.05, 4.69) is 0 Å². The minimum Gasteiger partial charge on any atom is 4.00 e. The van der Waals surface area contributed by atoms with Gasteiger partial charge >= 0.3 is 53.5 Å². The van der Waals surface area contributed by atoms with Crippen molar-refractivity contribution in [3.8, 4) is 0 Å². The Bertz CT molecular complexity index is 1370. The van der Waals surface area contributed by atoms with Gasteiger partial charge in [-0.25, -0.2) is 33.7 Å². The molecule has 0 aliphatic rings. The second kappa shape index (κ2) is 26.3. The molecule has 0 rings (SSSR count). The second-order valence-corrected chi connectivity index (χ2v) is 12.6. The summed E-state index contributed by atoms with van der Waals surface area (Å²) in [6, 6.07) is 0. The molecule has 0 saturated carbocycles. The van der Waals surface area contributed by atoms with Crippen LogP contribution in [-0.2, 0) is 78.8 Å². The van der Waals surface area contributed by atoms with Crippen LogP contribution in [0.25, 0.3) is 0 Å². The van der Waals surface area contributed by atoms with Crippen LogP contribution in [0.3, 0.4) is 0 Å². The summed E-state index contributed by atoms with van der Waals surface area (Å²) >= 11 is 0. The Kier molecular flexibility index (Phi) is 31.8. The Morgan fingerprint density at radius 3 is 0.540 bits per heavy atom. The number of aliphatic hydroxyl groups excluding tert-OH is 8. The van der Waals surface area contributed by atoms with Crippen LogP contribution in [0.4, 0.5) is 0 Å². The predicted octanol–water partition coefficient (Wildman–Crippen LogP) is -13.1. The summed E-state index contributed by atoms with van der Waals surface area (Å²) in [7, 11) is -21.3. The van der Waals surface area contributed by atoms with Crippen molar-refractivity contribution < 1.29 is 131 Å². The van der Waals surface area contributed by atoms with Crippen molar-refractivity contribution in [1.82, 2.24) is 0 Å². The third kappa shape index (κ3) is 24.6. The molecule has 0 bridgehead atoms. The van der Waals surface area contributed by atoms with Gasteiger partial charge in [0.2, 0.25) is 0 Å². The molecule has 34 heteroatoms. The van der Waals surface area contributed by atoms with Gasteiger partial charge in [0.1, 0.15) is 24.4 Å². The van der Waals surface area contributed by atoms with Gasteiger partial charge in [-0.05, 0) is 0 Å². The first-order valence-corrected chi connectivity index (χ1v) is 16.1. The molecule has 0 spiro atoms. The molecule has 8 unspecified atom stereocenters. The molecule has 0 aliphatic heterocycles. The van der Waals surface area contributed by atoms with Crippen LogP contribution in [0.5, 0.6) is 0 Å². The van der Waals surface area contributed by atoms with E-state index in [1.165, 1.54) is 0 Å². The predicted molar refractivity (Wildman–Crippen MR) is 144 cm³/mol. The topological polar surface area (TPSA) is 527 Å². The van der Waals surface area contributed by atoms with Gasteiger partial charge in [-0.15, -0.1) is 0 Å². The number of aliphatic hydroxyl groups is 8. The van der Waals surface area contributed by atoms with Gasteiger partial charge in [-0.2, -0.15) is 0 Å². The van der Waals surface area contributed by atoms with Crippen molar-refractivity contribution in [2.75, 3.05) is 0 Å². The van der Waals surface area contributed by atoms with Crippen molar-refractivity contribution in [3.63, 3.8) is 0 Å². The number of carbonyl (C=O) groups excluding carboxylic acids is 8. The van der Waals surface area contributed by atoms with Crippen LogP contribution < -0.4 is 0 Å². The van der Waals surface area contributed by atoms with Crippen LogP contribution in [0.1, 0.15) is 0 Å². The smallest absolute Gasteiger partial charge is 4.00 e. The molecule has 0 aromatic rings. The zero-order valence-electron chi connectivity index (χ0n) is 22.8. The molecular weight excluding hydrogens is 910 g/mol. The summed E-state index contributed by atoms with van der Waals surface area (Å²) in [5.74, 6) is 0. The molecule has 50 heavy (non-hydrogen) atoms. The summed E-state index contributed by atoms with van der Waals surface area (Å²) < 4.78 is 119. The number of hydrogen-bond donors (Lipinski definition) is 8. The first-order chi connectivity index (χ1) is 21.2. The molecular formula is C16H21NaO28S4Sn. The summed E-state index contributed by atoms with van der Waals surface area (Å²) in [6.45, 7) is 0. The number of aldehydes is 4. The normalized spacial score (nSPS) is 15.9. The van der Waals surface area contributed by atoms with Gasteiger partial charge in [0.25, 0.3) is 20.5 Å². The Hall–Kier alpha value is -1.52. The maximum absolute atomic E-state index is 10.3. The number of carbonyl (C=O) groups is 8. The van der Waals surface area contributed by atoms with E-state index >= 15 is 0 Å². The second-order valence-electron chi connectivity index (χ2n) is 7.38. The fourth-order valence-corrected chi connectivity index (χ4v) is 3.19. The standard InChI is InChI=1S/4C4H6O7S.Na.Sn.H/c4*5-1-2(6)3(7)4(8)12(9,10)11;;;/h4*1-3,6-7H,(H,9,10,11);;;/q;;;;;+4;/p-4. The molecule has 0 aromatic carbocycles. The zero-order chi connectivity index (χ0) is 39.8. The molecule has 0 saturated heterocycles. The third-order valence-electron chi connectivity index (χ3n) is 3.80. The molecule has 0 radical (unpaired) electrons. The minimum absolute atomic E-state index is 0. The minimum atomic E-state index is -5.31. The summed E-state index contributed by atoms with van der Waals surface area (Å²) in [5, 5.41) is 59.2. The van der Waals surface area contributed by atoms with Crippen LogP contribution in [0.15, 0.2) is 0 Å². The third-order valence-corrected chi connectivity index (χ3v) is 6.74. The van der Waals surface area contributed by atoms with Gasteiger partial charge in [0.15, 0.2) is 90.0 Å². The van der Waals surface area contributed by atoms with Crippen molar-refractivity contribution >= 4 is 140 Å². The molecule has 0 heterocycles. The van der Waals surface area contributed by atoms with Crippen molar-refractivity contribution in [2.45, 2.75) is 48.8 Å². The van der Waals surface area contributed by atoms with E-state index in [1.807, 2.05) is 0 Å². The van der Waals surface area contributed by atoms with Crippen molar-refractivity contribution in [3.05, 3.63) is 0 Å². The van der Waals surface area contributed by atoms with Crippen LogP contribution >= 0.6 is 0 Å². The molecule has 282 valence electrons. The Morgan fingerprint density at radius 1 is 0.380 bits per heavy atom. The van der Waals surface area contributed by atoms with E-state index in [1.54, 1.807) is 0 Å². The largest absolute Gasteiger partial charge is 4.00 e. The first kappa shape index (κ1) is 60.6. The van der Waals surface area contributed by atoms with Gasteiger partial charge in [0, 0.05) is 0 Å². The first-order valence-electron chi connectivity index (χ1n) is 10.5. The number of rotatable bonds is 12. The average molecular weight is 931 g/mol. The molecule has 0 aliphatic carbocycles. The van der Waals surface area contributed by atoms with Gasteiger partial charge < -0.3 is 78.2 Å². The van der Waals surface area contributed by atoms with Crippen LogP contribution in [0, 0.1) is 0 Å². The molecule has 0 amide bonds. The van der Waals surface area contributed by atoms with E-state index in [9.17, 15) is 90.2 Å². The van der Waals surface area contributed by atoms with Crippen LogP contribution in [0.2, 0.25) is 0 Å². The molecule has 28 nitrogen and oxygen atoms in total. The van der Waals surface area contributed by atoms with Crippen LogP contribution in [-0.4, -0.2) is 241 Å². The maximum atomic E-state index is 10.3. The van der Waals surface area contributed by atoms with Crippen molar-refractivity contribution in [1.29, 1.82) is 0 Å². The SMILES string of the molecule is O=CC(O)C(O)C(=O)S(=O)(=O)[O-].O=CC(O)C(O)C(=O)S(=O)(=O)[O-].O=CC(O)C(O)C(=O)S(=O)(=O)[O-].O=CC(O)C(O)C(=O)S(=O)(=O)[O-].[NaH].[Sn+4]. The molecule has 0 aromatic heterocycles. The van der Waals surface area contributed by atoms with E-state index in [0.717, 1.165) is 0 Å². The average Bonchev–Trinajstić information content (AvgIpc) is 2.98. The molecule has 8 atom stereocenters. The summed E-state index contributed by atoms with van der Waals surface area (Å²) in [4.78, 5) is 80.1.